The number of piperidine rings is 1. The smallest absolute Gasteiger partial charge is 0.148 e. The van der Waals surface area contributed by atoms with Crippen molar-refractivity contribution in [2.24, 2.45) is 11.8 Å². The Labute approximate surface area is 109 Å². The lowest BCUT2D eigenvalue weighted by atomic mass is 9.93. The molecular formula is C13H23N5. The number of hydrazine groups is 1. The molecule has 1 fully saturated rings. The van der Waals surface area contributed by atoms with Gasteiger partial charge in [0.25, 0.3) is 0 Å². The Morgan fingerprint density at radius 1 is 1.44 bits per heavy atom. The van der Waals surface area contributed by atoms with Crippen LogP contribution in [-0.2, 0) is 6.42 Å². The first kappa shape index (κ1) is 13.1. The first-order valence-electron chi connectivity index (χ1n) is 6.74. The molecule has 0 bridgehead atoms. The Balaban J connectivity index is 2.32. The topological polar surface area (TPSA) is 67.1 Å². The van der Waals surface area contributed by atoms with E-state index in [0.29, 0.717) is 6.04 Å². The number of nitrogens with two attached hydrogens (primary N) is 1. The number of hydrogen-bond acceptors (Lipinski definition) is 5. The first-order chi connectivity index (χ1) is 8.67. The van der Waals surface area contributed by atoms with Gasteiger partial charge >= 0.3 is 0 Å². The van der Waals surface area contributed by atoms with Crippen LogP contribution in [0.4, 0.5) is 11.6 Å². The molecule has 0 aliphatic carbocycles. The van der Waals surface area contributed by atoms with E-state index in [0.717, 1.165) is 36.1 Å². The number of nitrogens with one attached hydrogen (secondary N) is 1. The number of aromatic nitrogens is 2. The number of anilines is 2. The van der Waals surface area contributed by atoms with Crippen LogP contribution in [0.2, 0.25) is 0 Å². The van der Waals surface area contributed by atoms with Gasteiger partial charge in [-0.15, -0.1) is 0 Å². The molecule has 5 nitrogen and oxygen atoms in total. The van der Waals surface area contributed by atoms with Gasteiger partial charge in [-0.3, -0.25) is 0 Å². The zero-order valence-electron chi connectivity index (χ0n) is 11.5. The summed E-state index contributed by atoms with van der Waals surface area (Å²) < 4.78 is 0. The molecule has 0 spiro atoms. The van der Waals surface area contributed by atoms with E-state index in [-0.39, 0.29) is 0 Å². The summed E-state index contributed by atoms with van der Waals surface area (Å²) in [7, 11) is 0. The SMILES string of the molecule is CCc1c(NN)ncnc1N1CCC(C)CC1C. The summed E-state index contributed by atoms with van der Waals surface area (Å²) in [5, 5.41) is 0. The molecule has 2 rings (SSSR count). The molecule has 1 aliphatic heterocycles. The van der Waals surface area contributed by atoms with Crippen molar-refractivity contribution in [3.63, 3.8) is 0 Å². The lowest BCUT2D eigenvalue weighted by Gasteiger charge is -2.38. The van der Waals surface area contributed by atoms with E-state index in [1.807, 2.05) is 0 Å². The lowest BCUT2D eigenvalue weighted by Crippen LogP contribution is -2.41. The Bertz CT molecular complexity index is 406. The quantitative estimate of drug-likeness (QED) is 0.633. The van der Waals surface area contributed by atoms with E-state index < -0.39 is 0 Å². The molecule has 1 aliphatic rings. The highest BCUT2D eigenvalue weighted by molar-refractivity contribution is 5.58. The molecule has 1 aromatic rings. The van der Waals surface area contributed by atoms with Crippen LogP contribution in [0, 0.1) is 5.92 Å². The molecule has 1 aromatic heterocycles. The normalized spacial score (nSPS) is 24.1. The average Bonchev–Trinajstić information content (AvgIpc) is 2.37. The van der Waals surface area contributed by atoms with Crippen molar-refractivity contribution in [1.82, 2.24) is 9.97 Å². The van der Waals surface area contributed by atoms with Crippen molar-refractivity contribution in [2.45, 2.75) is 46.1 Å². The van der Waals surface area contributed by atoms with Crippen LogP contribution >= 0.6 is 0 Å². The third-order valence-electron chi connectivity index (χ3n) is 3.82. The molecule has 100 valence electrons. The molecule has 0 radical (unpaired) electrons. The molecule has 2 heterocycles. The summed E-state index contributed by atoms with van der Waals surface area (Å²) in [5.74, 6) is 8.11. The van der Waals surface area contributed by atoms with E-state index in [2.05, 4.69) is 41.1 Å². The van der Waals surface area contributed by atoms with Gasteiger partial charge in [0.15, 0.2) is 0 Å². The minimum atomic E-state index is 0.527. The van der Waals surface area contributed by atoms with Gasteiger partial charge in [-0.2, -0.15) is 0 Å². The van der Waals surface area contributed by atoms with Gasteiger partial charge in [-0.25, -0.2) is 15.8 Å². The second-order valence-electron chi connectivity index (χ2n) is 5.19. The van der Waals surface area contributed by atoms with Crippen LogP contribution in [0.25, 0.3) is 0 Å². The summed E-state index contributed by atoms with van der Waals surface area (Å²) in [4.78, 5) is 11.1. The molecule has 5 heteroatoms. The van der Waals surface area contributed by atoms with Crippen LogP contribution in [0.5, 0.6) is 0 Å². The van der Waals surface area contributed by atoms with E-state index in [1.165, 1.54) is 12.8 Å². The molecular weight excluding hydrogens is 226 g/mol. The average molecular weight is 249 g/mol. The van der Waals surface area contributed by atoms with E-state index in [4.69, 9.17) is 5.84 Å². The maximum atomic E-state index is 5.52. The van der Waals surface area contributed by atoms with Crippen molar-refractivity contribution >= 4 is 11.6 Å². The van der Waals surface area contributed by atoms with Gasteiger partial charge in [-0.1, -0.05) is 13.8 Å². The van der Waals surface area contributed by atoms with E-state index >= 15 is 0 Å². The zero-order chi connectivity index (χ0) is 13.1. The van der Waals surface area contributed by atoms with Crippen molar-refractivity contribution in [3.8, 4) is 0 Å². The standard InChI is InChI=1S/C13H23N5/c1-4-11-12(17-14)15-8-16-13(11)18-6-5-9(2)7-10(18)3/h8-10H,4-7,14H2,1-3H3,(H,15,16,17). The van der Waals surface area contributed by atoms with Gasteiger partial charge in [0.05, 0.1) is 0 Å². The monoisotopic (exact) mass is 249 g/mol. The predicted molar refractivity (Wildman–Crippen MR) is 74.4 cm³/mol. The molecule has 2 unspecified atom stereocenters. The highest BCUT2D eigenvalue weighted by Crippen LogP contribution is 2.30. The first-order valence-corrected chi connectivity index (χ1v) is 6.74. The molecule has 18 heavy (non-hydrogen) atoms. The van der Waals surface area contributed by atoms with E-state index in [9.17, 15) is 0 Å². The highest BCUT2D eigenvalue weighted by atomic mass is 15.3. The maximum Gasteiger partial charge on any atom is 0.148 e. The Morgan fingerprint density at radius 3 is 2.83 bits per heavy atom. The molecule has 3 N–H and O–H groups in total. The van der Waals surface area contributed by atoms with E-state index in [1.54, 1.807) is 6.33 Å². The summed E-state index contributed by atoms with van der Waals surface area (Å²) >= 11 is 0. The van der Waals surface area contributed by atoms with Crippen molar-refractivity contribution in [1.29, 1.82) is 0 Å². The zero-order valence-corrected chi connectivity index (χ0v) is 11.5. The van der Waals surface area contributed by atoms with Crippen LogP contribution in [0.15, 0.2) is 6.33 Å². The fourth-order valence-corrected chi connectivity index (χ4v) is 2.82. The minimum absolute atomic E-state index is 0.527. The van der Waals surface area contributed by atoms with Gasteiger partial charge in [0.2, 0.25) is 0 Å². The maximum absolute atomic E-state index is 5.52. The summed E-state index contributed by atoms with van der Waals surface area (Å²) in [6.45, 7) is 7.77. The second kappa shape index (κ2) is 5.52. The van der Waals surface area contributed by atoms with Crippen molar-refractivity contribution < 1.29 is 0 Å². The summed E-state index contributed by atoms with van der Waals surface area (Å²) in [6.07, 6.45) is 4.92. The number of nitrogens with zero attached hydrogens (tertiary/aromatic N) is 3. The molecule has 0 aromatic carbocycles. The molecule has 1 saturated heterocycles. The van der Waals surface area contributed by atoms with Gasteiger partial charge in [0, 0.05) is 18.2 Å². The summed E-state index contributed by atoms with van der Waals surface area (Å²) in [6, 6.07) is 0.527. The van der Waals surface area contributed by atoms with Gasteiger partial charge < -0.3 is 10.3 Å². The van der Waals surface area contributed by atoms with Crippen molar-refractivity contribution in [2.75, 3.05) is 16.9 Å². The fourth-order valence-electron chi connectivity index (χ4n) is 2.82. The summed E-state index contributed by atoms with van der Waals surface area (Å²) in [5.41, 5.74) is 3.78. The van der Waals surface area contributed by atoms with Crippen LogP contribution in [0.3, 0.4) is 0 Å². The Hall–Kier alpha value is -1.36. The molecule has 0 saturated carbocycles. The highest BCUT2D eigenvalue weighted by Gasteiger charge is 2.26. The lowest BCUT2D eigenvalue weighted by molar-refractivity contribution is 0.375. The molecule has 0 amide bonds. The largest absolute Gasteiger partial charge is 0.354 e. The Kier molecular flexibility index (Phi) is 4.01. The van der Waals surface area contributed by atoms with Crippen LogP contribution in [-0.4, -0.2) is 22.6 Å². The number of rotatable bonds is 3. The third kappa shape index (κ3) is 2.41. The van der Waals surface area contributed by atoms with Gasteiger partial charge in [-0.05, 0) is 32.1 Å². The van der Waals surface area contributed by atoms with Crippen molar-refractivity contribution in [3.05, 3.63) is 11.9 Å². The Morgan fingerprint density at radius 2 is 2.22 bits per heavy atom. The van der Waals surface area contributed by atoms with Crippen LogP contribution < -0.4 is 16.2 Å². The molecule has 2 atom stereocenters. The fraction of sp³-hybridized carbons (Fsp3) is 0.692. The number of nitrogen functional groups attached to an aromatic ring is 1. The third-order valence-corrected chi connectivity index (χ3v) is 3.82. The second-order valence-corrected chi connectivity index (χ2v) is 5.19. The number of hydrogen-bond donors (Lipinski definition) is 2. The van der Waals surface area contributed by atoms with Crippen LogP contribution in [0.1, 0.15) is 39.2 Å². The predicted octanol–water partition coefficient (Wildman–Crippen LogP) is 1.95. The minimum Gasteiger partial charge on any atom is -0.354 e. The van der Waals surface area contributed by atoms with Gasteiger partial charge in [0.1, 0.15) is 18.0 Å².